The van der Waals surface area contributed by atoms with Crippen molar-refractivity contribution in [3.8, 4) is 0 Å². The van der Waals surface area contributed by atoms with E-state index in [2.05, 4.69) is 15.9 Å². The van der Waals surface area contributed by atoms with Gasteiger partial charge in [-0.15, -0.1) is 11.3 Å². The molecule has 0 saturated heterocycles. The van der Waals surface area contributed by atoms with Crippen molar-refractivity contribution in [3.63, 3.8) is 0 Å². The zero-order valence-corrected chi connectivity index (χ0v) is 12.3. The number of hydrogen-bond donors (Lipinski definition) is 1. The first-order valence-corrected chi connectivity index (χ1v) is 8.21. The van der Waals surface area contributed by atoms with Gasteiger partial charge in [0.05, 0.1) is 10.6 Å². The molecule has 18 heavy (non-hydrogen) atoms. The van der Waals surface area contributed by atoms with Crippen molar-refractivity contribution >= 4 is 42.8 Å². The second-order valence-electron chi connectivity index (χ2n) is 3.71. The molecule has 0 aliphatic rings. The van der Waals surface area contributed by atoms with Crippen molar-refractivity contribution in [2.24, 2.45) is 0 Å². The molecule has 7 heteroatoms. The summed E-state index contributed by atoms with van der Waals surface area (Å²) in [5, 5.41) is 1.80. The van der Waals surface area contributed by atoms with E-state index < -0.39 is 15.7 Å². The van der Waals surface area contributed by atoms with Crippen LogP contribution in [-0.4, -0.2) is 8.42 Å². The lowest BCUT2D eigenvalue weighted by atomic mass is 10.3. The minimum Gasteiger partial charge on any atom is -0.399 e. The molecule has 2 rings (SSSR count). The SMILES string of the molecule is Nc1cc(F)cc(S(=O)(=O)Cc2cc(Br)cs2)c1. The van der Waals surface area contributed by atoms with Crippen LogP contribution in [0.15, 0.2) is 39.0 Å². The molecule has 1 aromatic carbocycles. The molecular weight excluding hydrogens is 341 g/mol. The van der Waals surface area contributed by atoms with E-state index in [1.165, 1.54) is 17.4 Å². The summed E-state index contributed by atoms with van der Waals surface area (Å²) in [7, 11) is -3.58. The van der Waals surface area contributed by atoms with Crippen molar-refractivity contribution in [2.45, 2.75) is 10.6 Å². The predicted octanol–water partition coefficient (Wildman–Crippen LogP) is 3.21. The van der Waals surface area contributed by atoms with Gasteiger partial charge in [0.2, 0.25) is 0 Å². The van der Waals surface area contributed by atoms with Crippen LogP contribution >= 0.6 is 27.3 Å². The molecule has 3 nitrogen and oxygen atoms in total. The fraction of sp³-hybridized carbons (Fsp3) is 0.0909. The lowest BCUT2D eigenvalue weighted by molar-refractivity contribution is 0.590. The van der Waals surface area contributed by atoms with Crippen molar-refractivity contribution < 1.29 is 12.8 Å². The van der Waals surface area contributed by atoms with Gasteiger partial charge >= 0.3 is 0 Å². The molecule has 0 fully saturated rings. The van der Waals surface area contributed by atoms with Gasteiger partial charge in [-0.25, -0.2) is 12.8 Å². The van der Waals surface area contributed by atoms with E-state index in [9.17, 15) is 12.8 Å². The Morgan fingerprint density at radius 3 is 2.56 bits per heavy atom. The van der Waals surface area contributed by atoms with Gasteiger partial charge in [0.25, 0.3) is 0 Å². The smallest absolute Gasteiger partial charge is 0.183 e. The third-order valence-electron chi connectivity index (χ3n) is 2.21. The second kappa shape index (κ2) is 4.99. The summed E-state index contributed by atoms with van der Waals surface area (Å²) in [4.78, 5) is 0.592. The minimum absolute atomic E-state index is 0.0930. The quantitative estimate of drug-likeness (QED) is 0.865. The van der Waals surface area contributed by atoms with Crippen LogP contribution in [0.3, 0.4) is 0 Å². The van der Waals surface area contributed by atoms with Crippen LogP contribution < -0.4 is 5.73 Å². The number of sulfone groups is 1. The van der Waals surface area contributed by atoms with Gasteiger partial charge in [-0.3, -0.25) is 0 Å². The Kier molecular flexibility index (Phi) is 3.74. The van der Waals surface area contributed by atoms with Crippen LogP contribution in [0.4, 0.5) is 10.1 Å². The van der Waals surface area contributed by atoms with E-state index in [1.54, 1.807) is 11.4 Å². The van der Waals surface area contributed by atoms with E-state index in [0.717, 1.165) is 16.6 Å². The number of halogens is 2. The third-order valence-corrected chi connectivity index (χ3v) is 5.73. The highest BCUT2D eigenvalue weighted by atomic mass is 79.9. The monoisotopic (exact) mass is 349 g/mol. The highest BCUT2D eigenvalue weighted by Gasteiger charge is 2.18. The summed E-state index contributed by atoms with van der Waals surface area (Å²) in [6.45, 7) is 0. The zero-order chi connectivity index (χ0) is 13.3. The Bertz CT molecular complexity index is 662. The predicted molar refractivity (Wildman–Crippen MR) is 73.7 cm³/mol. The number of thiophene rings is 1. The Balaban J connectivity index is 2.36. The van der Waals surface area contributed by atoms with Crippen molar-refractivity contribution in [1.29, 1.82) is 0 Å². The molecule has 0 saturated carbocycles. The van der Waals surface area contributed by atoms with Crippen LogP contribution in [0.2, 0.25) is 0 Å². The van der Waals surface area contributed by atoms with Gasteiger partial charge in [-0.05, 0) is 40.2 Å². The molecule has 1 aromatic heterocycles. The first kappa shape index (κ1) is 13.5. The van der Waals surface area contributed by atoms with E-state index in [0.29, 0.717) is 4.88 Å². The highest BCUT2D eigenvalue weighted by molar-refractivity contribution is 9.10. The fourth-order valence-electron chi connectivity index (χ4n) is 1.46. The molecule has 0 amide bonds. The van der Waals surface area contributed by atoms with Gasteiger partial charge in [0, 0.05) is 20.4 Å². The molecule has 2 N–H and O–H groups in total. The number of nitrogens with two attached hydrogens (primary N) is 1. The highest BCUT2D eigenvalue weighted by Crippen LogP contribution is 2.25. The lowest BCUT2D eigenvalue weighted by Crippen LogP contribution is -2.05. The summed E-state index contributed by atoms with van der Waals surface area (Å²) >= 11 is 4.58. The molecule has 0 atom stereocenters. The summed E-state index contributed by atoms with van der Waals surface area (Å²) in [6, 6.07) is 5.06. The summed E-state index contributed by atoms with van der Waals surface area (Å²) < 4.78 is 38.2. The van der Waals surface area contributed by atoms with Gasteiger partial charge in [0.1, 0.15) is 5.82 Å². The molecule has 2 aromatic rings. The Hall–Kier alpha value is -0.920. The maximum Gasteiger partial charge on any atom is 0.183 e. The van der Waals surface area contributed by atoms with Crippen molar-refractivity contribution in [1.82, 2.24) is 0 Å². The number of hydrogen-bond acceptors (Lipinski definition) is 4. The van der Waals surface area contributed by atoms with E-state index >= 15 is 0 Å². The molecule has 0 spiro atoms. The van der Waals surface area contributed by atoms with E-state index in [4.69, 9.17) is 5.73 Å². The minimum atomic E-state index is -3.58. The van der Waals surface area contributed by atoms with Crippen molar-refractivity contribution in [3.05, 3.63) is 44.8 Å². The zero-order valence-electron chi connectivity index (χ0n) is 9.06. The summed E-state index contributed by atoms with van der Waals surface area (Å²) in [5.41, 5.74) is 5.54. The largest absolute Gasteiger partial charge is 0.399 e. The molecule has 0 unspecified atom stereocenters. The van der Waals surface area contributed by atoms with Crippen molar-refractivity contribution in [2.75, 3.05) is 5.73 Å². The first-order valence-electron chi connectivity index (χ1n) is 4.88. The number of nitrogen functional groups attached to an aromatic ring is 1. The van der Waals surface area contributed by atoms with Crippen LogP contribution in [0.1, 0.15) is 4.88 Å². The molecule has 96 valence electrons. The van der Waals surface area contributed by atoms with E-state index in [1.807, 2.05) is 0 Å². The normalized spacial score (nSPS) is 11.7. The van der Waals surface area contributed by atoms with Crippen LogP contribution in [0.5, 0.6) is 0 Å². The maximum absolute atomic E-state index is 13.2. The van der Waals surface area contributed by atoms with Crippen LogP contribution in [0.25, 0.3) is 0 Å². The van der Waals surface area contributed by atoms with Gasteiger partial charge in [-0.1, -0.05) is 0 Å². The first-order chi connectivity index (χ1) is 8.37. The number of rotatable bonds is 3. The fourth-order valence-corrected chi connectivity index (χ4v) is 4.67. The van der Waals surface area contributed by atoms with Crippen LogP contribution in [-0.2, 0) is 15.6 Å². The van der Waals surface area contributed by atoms with Gasteiger partial charge in [0.15, 0.2) is 9.84 Å². The molecular formula is C11H9BrFNO2S2. The number of benzene rings is 1. The molecule has 0 aliphatic heterocycles. The van der Waals surface area contributed by atoms with Gasteiger partial charge < -0.3 is 5.73 Å². The maximum atomic E-state index is 13.2. The summed E-state index contributed by atoms with van der Waals surface area (Å²) in [5.74, 6) is -0.812. The third kappa shape index (κ3) is 3.09. The standard InChI is InChI=1S/C11H9BrFNO2S2/c12-7-1-10(17-5-7)6-18(15,16)11-3-8(13)2-9(14)4-11/h1-5H,6,14H2. The van der Waals surface area contributed by atoms with Gasteiger partial charge in [-0.2, -0.15) is 0 Å². The van der Waals surface area contributed by atoms with Crippen LogP contribution in [0, 0.1) is 5.82 Å². The Labute approximate surface area is 116 Å². The molecule has 1 heterocycles. The Morgan fingerprint density at radius 2 is 2.00 bits per heavy atom. The number of anilines is 1. The molecule has 0 bridgehead atoms. The second-order valence-corrected chi connectivity index (χ2v) is 7.61. The molecule has 0 aliphatic carbocycles. The Morgan fingerprint density at radius 1 is 1.28 bits per heavy atom. The van der Waals surface area contributed by atoms with E-state index in [-0.39, 0.29) is 16.3 Å². The lowest BCUT2D eigenvalue weighted by Gasteiger charge is -2.04. The average molecular weight is 350 g/mol. The average Bonchev–Trinajstić information content (AvgIpc) is 2.61. The molecule has 0 radical (unpaired) electrons. The summed E-state index contributed by atoms with van der Waals surface area (Å²) in [6.07, 6.45) is 0. The topological polar surface area (TPSA) is 60.2 Å².